The quantitative estimate of drug-likeness (QED) is 0.753. The highest BCUT2D eigenvalue weighted by molar-refractivity contribution is 6.19. The number of hydrogen-bond donors (Lipinski definition) is 2. The Morgan fingerprint density at radius 2 is 1.78 bits per heavy atom. The van der Waals surface area contributed by atoms with Crippen molar-refractivity contribution in [3.63, 3.8) is 0 Å². The third-order valence-electron chi connectivity index (χ3n) is 2.81. The van der Waals surface area contributed by atoms with Gasteiger partial charge in [-0.2, -0.15) is 0 Å². The van der Waals surface area contributed by atoms with E-state index in [2.05, 4.69) is 10.6 Å². The van der Waals surface area contributed by atoms with Gasteiger partial charge in [-0.05, 0) is 50.2 Å². The first kappa shape index (κ1) is 17.0. The summed E-state index contributed by atoms with van der Waals surface area (Å²) in [5.41, 5.74) is 0.846. The maximum Gasteiger partial charge on any atom is 0.323 e. The van der Waals surface area contributed by atoms with Gasteiger partial charge in [-0.15, -0.1) is 0 Å². The molecule has 1 unspecified atom stereocenters. The maximum atomic E-state index is 12.0. The van der Waals surface area contributed by atoms with Crippen molar-refractivity contribution in [1.29, 1.82) is 0 Å². The molecule has 0 bridgehead atoms. The number of carbonyl (C=O) groups is 1. The Kier molecular flexibility index (Phi) is 6.11. The predicted octanol–water partition coefficient (Wildman–Crippen LogP) is 4.69. The number of carbonyl (C=O) groups excluding carboxylic acids is 1. The lowest BCUT2D eigenvalue weighted by Crippen LogP contribution is -2.19. The van der Waals surface area contributed by atoms with Crippen LogP contribution < -0.4 is 20.1 Å². The Bertz CT molecular complexity index is 645. The first-order valence-corrected chi connectivity index (χ1v) is 7.72. The summed E-state index contributed by atoms with van der Waals surface area (Å²) in [6.07, 6.45) is 0. The van der Waals surface area contributed by atoms with Crippen LogP contribution in [0.1, 0.15) is 13.8 Å². The molecule has 0 aliphatic carbocycles. The third-order valence-corrected chi connectivity index (χ3v) is 2.90. The monoisotopic (exact) mass is 334 g/mol. The van der Waals surface area contributed by atoms with Gasteiger partial charge < -0.3 is 20.1 Å². The molecular formula is C17H19ClN2O3. The fourth-order valence-electron chi connectivity index (χ4n) is 1.93. The average Bonchev–Trinajstić information content (AvgIpc) is 2.49. The highest BCUT2D eigenvalue weighted by atomic mass is 35.5. The molecule has 0 aromatic heterocycles. The number of benzene rings is 2. The van der Waals surface area contributed by atoms with Crippen molar-refractivity contribution in [3.05, 3.63) is 48.5 Å². The van der Waals surface area contributed by atoms with Crippen molar-refractivity contribution in [2.24, 2.45) is 0 Å². The minimum Gasteiger partial charge on any atom is -0.494 e. The molecule has 0 radical (unpaired) electrons. The first-order valence-electron chi connectivity index (χ1n) is 7.28. The van der Waals surface area contributed by atoms with Crippen molar-refractivity contribution in [2.45, 2.75) is 19.4 Å². The highest BCUT2D eigenvalue weighted by Gasteiger charge is 2.05. The van der Waals surface area contributed by atoms with E-state index in [-0.39, 0.29) is 6.03 Å². The van der Waals surface area contributed by atoms with Gasteiger partial charge in [0.15, 0.2) is 5.56 Å². The van der Waals surface area contributed by atoms with Crippen LogP contribution in [0.2, 0.25) is 0 Å². The molecule has 2 aromatic rings. The summed E-state index contributed by atoms with van der Waals surface area (Å²) in [5.74, 6) is 1.35. The van der Waals surface area contributed by atoms with Crippen LogP contribution in [0.25, 0.3) is 0 Å². The van der Waals surface area contributed by atoms with Gasteiger partial charge in [0, 0.05) is 17.4 Å². The summed E-state index contributed by atoms with van der Waals surface area (Å²) in [5, 5.41) is 5.49. The third kappa shape index (κ3) is 5.71. The maximum absolute atomic E-state index is 12.0. The van der Waals surface area contributed by atoms with E-state index in [1.807, 2.05) is 6.92 Å². The second kappa shape index (κ2) is 8.29. The van der Waals surface area contributed by atoms with Crippen molar-refractivity contribution < 1.29 is 14.3 Å². The summed E-state index contributed by atoms with van der Waals surface area (Å²) >= 11 is 5.78. The van der Waals surface area contributed by atoms with E-state index in [1.165, 1.54) is 0 Å². The molecule has 2 aromatic carbocycles. The predicted molar refractivity (Wildman–Crippen MR) is 92.6 cm³/mol. The number of ether oxygens (including phenoxy) is 2. The van der Waals surface area contributed by atoms with Crippen molar-refractivity contribution >= 4 is 29.0 Å². The smallest absolute Gasteiger partial charge is 0.323 e. The molecule has 0 spiro atoms. The highest BCUT2D eigenvalue weighted by Crippen LogP contribution is 2.20. The molecule has 1 atom stereocenters. The number of urea groups is 1. The van der Waals surface area contributed by atoms with E-state index in [9.17, 15) is 4.79 Å². The van der Waals surface area contributed by atoms with Gasteiger partial charge in [-0.3, -0.25) is 0 Å². The number of halogens is 1. The van der Waals surface area contributed by atoms with Gasteiger partial charge in [0.1, 0.15) is 11.5 Å². The average molecular weight is 335 g/mol. The molecular weight excluding hydrogens is 316 g/mol. The summed E-state index contributed by atoms with van der Waals surface area (Å²) in [6.45, 7) is 4.25. The van der Waals surface area contributed by atoms with Crippen LogP contribution in [0.15, 0.2) is 48.5 Å². The zero-order valence-electron chi connectivity index (χ0n) is 13.0. The van der Waals surface area contributed by atoms with Crippen LogP contribution in [-0.2, 0) is 0 Å². The van der Waals surface area contributed by atoms with Crippen molar-refractivity contribution in [2.75, 3.05) is 17.2 Å². The van der Waals surface area contributed by atoms with E-state index in [0.29, 0.717) is 23.7 Å². The van der Waals surface area contributed by atoms with E-state index >= 15 is 0 Å². The standard InChI is InChI=1S/C17H19ClN2O3/c1-3-22-15-9-7-13(8-10-15)19-17(21)20-14-5-4-6-16(11-14)23-12(2)18/h4-12H,3H2,1-2H3,(H2,19,20,21). The number of alkyl halides is 1. The van der Waals surface area contributed by atoms with Crippen molar-refractivity contribution in [3.8, 4) is 11.5 Å². The zero-order chi connectivity index (χ0) is 16.7. The lowest BCUT2D eigenvalue weighted by atomic mass is 10.3. The molecule has 2 N–H and O–H groups in total. The number of rotatable bonds is 6. The number of anilines is 2. The van der Waals surface area contributed by atoms with Crippen LogP contribution in [0.4, 0.5) is 16.2 Å². The molecule has 0 saturated carbocycles. The fraction of sp³-hybridized carbons (Fsp3) is 0.235. The molecule has 0 aliphatic rings. The summed E-state index contributed by atoms with van der Waals surface area (Å²) in [7, 11) is 0. The Labute approximate surface area is 140 Å². The van der Waals surface area contributed by atoms with E-state index < -0.39 is 5.56 Å². The lowest BCUT2D eigenvalue weighted by Gasteiger charge is -2.11. The van der Waals surface area contributed by atoms with E-state index in [0.717, 1.165) is 5.75 Å². The van der Waals surface area contributed by atoms with Crippen LogP contribution in [-0.4, -0.2) is 18.2 Å². The van der Waals surface area contributed by atoms with Gasteiger partial charge in [0.2, 0.25) is 0 Å². The lowest BCUT2D eigenvalue weighted by molar-refractivity contribution is 0.262. The summed E-state index contributed by atoms with van der Waals surface area (Å²) in [4.78, 5) is 12.0. The normalized spacial score (nSPS) is 11.4. The minimum atomic E-state index is -0.442. The Balaban J connectivity index is 1.93. The minimum absolute atomic E-state index is 0.342. The van der Waals surface area contributed by atoms with E-state index in [4.69, 9.17) is 21.1 Å². The molecule has 5 nitrogen and oxygen atoms in total. The van der Waals surface area contributed by atoms with Crippen molar-refractivity contribution in [1.82, 2.24) is 0 Å². The number of nitrogens with one attached hydrogen (secondary N) is 2. The molecule has 122 valence electrons. The molecule has 2 rings (SSSR count). The van der Waals surface area contributed by atoms with Crippen LogP contribution in [0.5, 0.6) is 11.5 Å². The molecule has 0 aliphatic heterocycles. The topological polar surface area (TPSA) is 59.6 Å². The van der Waals surface area contributed by atoms with Crippen LogP contribution in [0.3, 0.4) is 0 Å². The Hall–Kier alpha value is -2.40. The van der Waals surface area contributed by atoms with Crippen LogP contribution in [0, 0.1) is 0 Å². The molecule has 0 saturated heterocycles. The number of hydrogen-bond acceptors (Lipinski definition) is 3. The van der Waals surface area contributed by atoms with Gasteiger partial charge in [-0.1, -0.05) is 17.7 Å². The second-order valence-corrected chi connectivity index (χ2v) is 5.34. The van der Waals surface area contributed by atoms with Gasteiger partial charge in [-0.25, -0.2) is 4.79 Å². The Morgan fingerprint density at radius 3 is 2.43 bits per heavy atom. The van der Waals surface area contributed by atoms with Gasteiger partial charge >= 0.3 is 6.03 Å². The van der Waals surface area contributed by atoms with Gasteiger partial charge in [0.25, 0.3) is 0 Å². The van der Waals surface area contributed by atoms with Gasteiger partial charge in [0.05, 0.1) is 6.61 Å². The molecule has 2 amide bonds. The van der Waals surface area contributed by atoms with E-state index in [1.54, 1.807) is 55.5 Å². The SMILES string of the molecule is CCOc1ccc(NC(=O)Nc2cccc(OC(C)Cl)c2)cc1. The summed E-state index contributed by atoms with van der Waals surface area (Å²) in [6, 6.07) is 13.8. The molecule has 0 heterocycles. The number of amides is 2. The summed E-state index contributed by atoms with van der Waals surface area (Å²) < 4.78 is 10.7. The molecule has 23 heavy (non-hydrogen) atoms. The first-order chi connectivity index (χ1) is 11.1. The zero-order valence-corrected chi connectivity index (χ0v) is 13.8. The largest absolute Gasteiger partial charge is 0.494 e. The van der Waals surface area contributed by atoms with Crippen LogP contribution >= 0.6 is 11.6 Å². The molecule has 6 heteroatoms. The Morgan fingerprint density at radius 1 is 1.09 bits per heavy atom. The second-order valence-electron chi connectivity index (χ2n) is 4.73. The fourth-order valence-corrected chi connectivity index (χ4v) is 2.03. The molecule has 0 fully saturated rings.